The summed E-state index contributed by atoms with van der Waals surface area (Å²) in [5, 5.41) is 0. The maximum Gasteiger partial charge on any atom is 0.159 e. The Hall–Kier alpha value is -1.55. The number of halogens is 2. The Morgan fingerprint density at radius 3 is 2.48 bits per heavy atom. The molecular formula is C19H23F2NO. The Balaban J connectivity index is 1.67. The molecule has 0 radical (unpaired) electrons. The molecule has 0 saturated heterocycles. The molecule has 23 heavy (non-hydrogen) atoms. The van der Waals surface area contributed by atoms with E-state index in [0.717, 1.165) is 43.2 Å². The van der Waals surface area contributed by atoms with E-state index in [1.54, 1.807) is 0 Å². The second kappa shape index (κ2) is 6.91. The topological polar surface area (TPSA) is 43.1 Å². The smallest absolute Gasteiger partial charge is 0.159 e. The second-order valence-electron chi connectivity index (χ2n) is 6.77. The number of aryl methyl sites for hydroxylation is 1. The van der Waals surface area contributed by atoms with Crippen LogP contribution in [0.1, 0.15) is 55.6 Å². The van der Waals surface area contributed by atoms with Gasteiger partial charge in [-0.2, -0.15) is 0 Å². The molecule has 2 aliphatic carbocycles. The van der Waals surface area contributed by atoms with Gasteiger partial charge in [0.25, 0.3) is 0 Å². The van der Waals surface area contributed by atoms with Crippen molar-refractivity contribution in [2.45, 2.75) is 56.9 Å². The van der Waals surface area contributed by atoms with Crippen LogP contribution in [0.5, 0.6) is 0 Å². The van der Waals surface area contributed by atoms with Gasteiger partial charge in [-0.25, -0.2) is 8.78 Å². The highest BCUT2D eigenvalue weighted by molar-refractivity contribution is 5.81. The van der Waals surface area contributed by atoms with Gasteiger partial charge in [-0.1, -0.05) is 12.2 Å². The number of carbonyl (C=O) groups is 1. The van der Waals surface area contributed by atoms with E-state index >= 15 is 0 Å². The van der Waals surface area contributed by atoms with Crippen molar-refractivity contribution < 1.29 is 13.6 Å². The van der Waals surface area contributed by atoms with E-state index in [1.165, 1.54) is 12.1 Å². The summed E-state index contributed by atoms with van der Waals surface area (Å²) in [7, 11) is 0. The highest BCUT2D eigenvalue weighted by atomic mass is 19.2. The Kier molecular flexibility index (Phi) is 4.90. The van der Waals surface area contributed by atoms with Crippen molar-refractivity contribution in [3.05, 3.63) is 47.0 Å². The molecule has 3 rings (SSSR count). The number of ketones is 1. The van der Waals surface area contributed by atoms with Crippen LogP contribution >= 0.6 is 0 Å². The Bertz CT molecular complexity index is 616. The van der Waals surface area contributed by atoms with E-state index in [-0.39, 0.29) is 23.7 Å². The molecule has 0 heterocycles. The highest BCUT2D eigenvalue weighted by Crippen LogP contribution is 2.37. The predicted octanol–water partition coefficient (Wildman–Crippen LogP) is 4.03. The van der Waals surface area contributed by atoms with Crippen LogP contribution in [0, 0.1) is 17.6 Å². The summed E-state index contributed by atoms with van der Waals surface area (Å²) in [5.41, 5.74) is 7.89. The lowest BCUT2D eigenvalue weighted by atomic mass is 9.85. The molecule has 0 aliphatic heterocycles. The van der Waals surface area contributed by atoms with Crippen molar-refractivity contribution in [3.8, 4) is 0 Å². The van der Waals surface area contributed by atoms with Crippen LogP contribution in [0.25, 0.3) is 0 Å². The third kappa shape index (κ3) is 3.52. The van der Waals surface area contributed by atoms with E-state index < -0.39 is 11.6 Å². The minimum absolute atomic E-state index is 0.0482. The largest absolute Gasteiger partial charge is 0.327 e. The zero-order valence-corrected chi connectivity index (χ0v) is 13.2. The summed E-state index contributed by atoms with van der Waals surface area (Å²) in [4.78, 5) is 12.5. The molecule has 1 aromatic carbocycles. The Morgan fingerprint density at radius 2 is 1.78 bits per heavy atom. The number of allylic oxidation sites excluding steroid dienone is 2. The molecule has 0 aromatic heterocycles. The van der Waals surface area contributed by atoms with Crippen molar-refractivity contribution >= 4 is 5.78 Å². The number of Topliss-reactive ketones (excluding diaryl/α,β-unsaturated/α-hetero) is 1. The molecular weight excluding hydrogens is 296 g/mol. The number of hydrogen-bond donors (Lipinski definition) is 1. The van der Waals surface area contributed by atoms with E-state index in [9.17, 15) is 13.6 Å². The number of carbonyl (C=O) groups excluding carboxylic acids is 1. The van der Waals surface area contributed by atoms with Crippen molar-refractivity contribution in [1.29, 1.82) is 0 Å². The molecule has 0 saturated carbocycles. The van der Waals surface area contributed by atoms with Crippen molar-refractivity contribution in [2.75, 3.05) is 0 Å². The molecule has 0 spiro atoms. The van der Waals surface area contributed by atoms with Gasteiger partial charge in [0.1, 0.15) is 5.78 Å². The monoisotopic (exact) mass is 319 g/mol. The van der Waals surface area contributed by atoms with Crippen molar-refractivity contribution in [1.82, 2.24) is 0 Å². The third-order valence-corrected chi connectivity index (χ3v) is 5.25. The standard InChI is InChI=1S/C19H23F2NO/c20-16-9-13-7-8-14(15(13)10-17(16)21)18(22)11-19(23)12-5-3-1-2-4-6-12/h1-2,9-10,12,14,18H,3-8,11,22H2. The fraction of sp³-hybridized carbons (Fsp3) is 0.526. The Labute approximate surface area is 135 Å². The fourth-order valence-corrected chi connectivity index (χ4v) is 3.91. The minimum atomic E-state index is -0.830. The van der Waals surface area contributed by atoms with Gasteiger partial charge in [-0.05, 0) is 61.8 Å². The molecule has 2 unspecified atom stereocenters. The zero-order chi connectivity index (χ0) is 16.4. The first-order chi connectivity index (χ1) is 11.1. The molecule has 0 bridgehead atoms. The van der Waals surface area contributed by atoms with Gasteiger partial charge in [0.15, 0.2) is 11.6 Å². The van der Waals surface area contributed by atoms with Gasteiger partial charge < -0.3 is 5.73 Å². The average Bonchev–Trinajstić information content (AvgIpc) is 2.74. The van der Waals surface area contributed by atoms with Gasteiger partial charge in [-0.3, -0.25) is 4.79 Å². The third-order valence-electron chi connectivity index (χ3n) is 5.25. The molecule has 2 N–H and O–H groups in total. The van der Waals surface area contributed by atoms with E-state index in [0.29, 0.717) is 12.8 Å². The van der Waals surface area contributed by atoms with Crippen LogP contribution in [-0.2, 0) is 11.2 Å². The van der Waals surface area contributed by atoms with Crippen molar-refractivity contribution in [2.24, 2.45) is 11.7 Å². The van der Waals surface area contributed by atoms with Crippen LogP contribution in [0.3, 0.4) is 0 Å². The first-order valence-corrected chi connectivity index (χ1v) is 8.47. The summed E-state index contributed by atoms with van der Waals surface area (Å²) in [6.45, 7) is 0. The first-order valence-electron chi connectivity index (χ1n) is 8.47. The van der Waals surface area contributed by atoms with Crippen LogP contribution in [0.15, 0.2) is 24.3 Å². The minimum Gasteiger partial charge on any atom is -0.327 e. The zero-order valence-electron chi connectivity index (χ0n) is 13.2. The lowest BCUT2D eigenvalue weighted by Crippen LogP contribution is -2.32. The maximum absolute atomic E-state index is 13.5. The number of hydrogen-bond acceptors (Lipinski definition) is 2. The van der Waals surface area contributed by atoms with Crippen LogP contribution in [0.4, 0.5) is 8.78 Å². The SMILES string of the molecule is NC(CC(=O)C1CCC=CCC1)C1CCc2cc(F)c(F)cc21. The van der Waals surface area contributed by atoms with Crippen LogP contribution in [0.2, 0.25) is 0 Å². The van der Waals surface area contributed by atoms with Gasteiger partial charge >= 0.3 is 0 Å². The predicted molar refractivity (Wildman–Crippen MR) is 86.1 cm³/mol. The summed E-state index contributed by atoms with van der Waals surface area (Å²) in [5.74, 6) is -1.38. The lowest BCUT2D eigenvalue weighted by molar-refractivity contribution is -0.123. The summed E-state index contributed by atoms with van der Waals surface area (Å²) < 4.78 is 26.8. The summed E-state index contributed by atoms with van der Waals surface area (Å²) in [6, 6.07) is 2.23. The maximum atomic E-state index is 13.5. The molecule has 4 heteroatoms. The fourth-order valence-electron chi connectivity index (χ4n) is 3.91. The van der Waals surface area contributed by atoms with Gasteiger partial charge in [-0.15, -0.1) is 0 Å². The van der Waals surface area contributed by atoms with E-state index in [2.05, 4.69) is 12.2 Å². The molecule has 0 fully saturated rings. The van der Waals surface area contributed by atoms with Crippen LogP contribution < -0.4 is 5.73 Å². The Morgan fingerprint density at radius 1 is 1.13 bits per heavy atom. The molecule has 2 atom stereocenters. The average molecular weight is 319 g/mol. The number of rotatable bonds is 4. The second-order valence-corrected chi connectivity index (χ2v) is 6.77. The first kappa shape index (κ1) is 16.3. The highest BCUT2D eigenvalue weighted by Gasteiger charge is 2.31. The summed E-state index contributed by atoms with van der Waals surface area (Å²) in [6.07, 6.45) is 9.74. The molecule has 2 nitrogen and oxygen atoms in total. The van der Waals surface area contributed by atoms with Gasteiger partial charge in [0, 0.05) is 24.3 Å². The van der Waals surface area contributed by atoms with E-state index in [4.69, 9.17) is 5.73 Å². The lowest BCUT2D eigenvalue weighted by Gasteiger charge is -2.22. The molecule has 124 valence electrons. The van der Waals surface area contributed by atoms with Gasteiger partial charge in [0.05, 0.1) is 0 Å². The summed E-state index contributed by atoms with van der Waals surface area (Å²) >= 11 is 0. The van der Waals surface area contributed by atoms with E-state index in [1.807, 2.05) is 0 Å². The molecule has 1 aromatic rings. The van der Waals surface area contributed by atoms with Crippen LogP contribution in [-0.4, -0.2) is 11.8 Å². The normalized spacial score (nSPS) is 22.7. The molecule has 2 aliphatic rings. The van der Waals surface area contributed by atoms with Crippen molar-refractivity contribution in [3.63, 3.8) is 0 Å². The number of benzene rings is 1. The van der Waals surface area contributed by atoms with Gasteiger partial charge in [0.2, 0.25) is 0 Å². The quantitative estimate of drug-likeness (QED) is 0.852. The number of nitrogens with two attached hydrogens (primary N) is 1. The number of fused-ring (bicyclic) bond motifs is 1. The molecule has 0 amide bonds.